The van der Waals surface area contributed by atoms with Crippen LogP contribution in [0.3, 0.4) is 0 Å². The molecular weight excluding hydrogens is 339 g/mol. The van der Waals surface area contributed by atoms with E-state index in [-0.39, 0.29) is 28.3 Å². The number of phenols is 1. The van der Waals surface area contributed by atoms with Crippen molar-refractivity contribution in [1.29, 1.82) is 0 Å². The number of nitrogens with one attached hydrogen (secondary N) is 1. The first-order chi connectivity index (χ1) is 11.3. The topological polar surface area (TPSA) is 49.3 Å². The lowest BCUT2D eigenvalue weighted by molar-refractivity contribution is -0.0328. The minimum absolute atomic E-state index is 0.0476. The molecule has 2 N–H and O–H groups in total. The van der Waals surface area contributed by atoms with Crippen LogP contribution >= 0.6 is 11.8 Å². The number of carbonyl (C=O) groups is 1. The summed E-state index contributed by atoms with van der Waals surface area (Å²) in [6.07, 6.45) is 1.47. The predicted octanol–water partition coefficient (Wildman–Crippen LogP) is 4.37. The molecule has 24 heavy (non-hydrogen) atoms. The summed E-state index contributed by atoms with van der Waals surface area (Å²) in [5.74, 6) is -0.108. The molecule has 0 heterocycles. The first-order valence-corrected chi connectivity index (χ1v) is 8.07. The van der Waals surface area contributed by atoms with Crippen molar-refractivity contribution in [3.8, 4) is 5.75 Å². The van der Waals surface area contributed by atoms with Gasteiger partial charge < -0.3 is 10.4 Å². The number of carbonyl (C=O) groups excluding carboxylic acids is 1. The fraction of sp³-hybridized carbons (Fsp3) is 0.235. The highest BCUT2D eigenvalue weighted by atomic mass is 32.2. The number of rotatable bonds is 6. The molecule has 0 atom stereocenters. The summed E-state index contributed by atoms with van der Waals surface area (Å²) in [4.78, 5) is 12.0. The Balaban J connectivity index is 1.77. The Bertz CT molecular complexity index is 670. The van der Waals surface area contributed by atoms with Crippen molar-refractivity contribution < 1.29 is 23.1 Å². The summed E-state index contributed by atoms with van der Waals surface area (Å²) >= 11 is -0.208. The van der Waals surface area contributed by atoms with Crippen molar-refractivity contribution in [3.05, 3.63) is 59.7 Å². The van der Waals surface area contributed by atoms with Gasteiger partial charge in [-0.2, -0.15) is 13.2 Å². The number of benzene rings is 2. The maximum atomic E-state index is 12.2. The second-order valence-corrected chi connectivity index (χ2v) is 6.24. The molecular formula is C17H16F3NO2S. The number of thioether (sulfide) groups is 1. The number of phenolic OH excluding ortho intramolecular Hbond substituents is 1. The van der Waals surface area contributed by atoms with Crippen molar-refractivity contribution in [3.63, 3.8) is 0 Å². The average molecular weight is 355 g/mol. The second kappa shape index (κ2) is 8.10. The number of alkyl halides is 3. The van der Waals surface area contributed by atoms with Crippen LogP contribution in [-0.4, -0.2) is 23.1 Å². The smallest absolute Gasteiger partial charge is 0.446 e. The zero-order valence-corrected chi connectivity index (χ0v) is 13.5. The van der Waals surface area contributed by atoms with Gasteiger partial charge in [-0.15, -0.1) is 0 Å². The number of aryl methyl sites for hydroxylation is 1. The van der Waals surface area contributed by atoms with E-state index in [2.05, 4.69) is 5.32 Å². The van der Waals surface area contributed by atoms with E-state index in [0.29, 0.717) is 12.1 Å². The number of hydrogen-bond donors (Lipinski definition) is 2. The van der Waals surface area contributed by atoms with E-state index in [4.69, 9.17) is 0 Å². The molecule has 2 aromatic rings. The highest BCUT2D eigenvalue weighted by Gasteiger charge is 2.29. The quantitative estimate of drug-likeness (QED) is 0.598. The lowest BCUT2D eigenvalue weighted by Gasteiger charge is -2.08. The van der Waals surface area contributed by atoms with E-state index in [1.807, 2.05) is 12.1 Å². The summed E-state index contributed by atoms with van der Waals surface area (Å²) in [6, 6.07) is 12.2. The third-order valence-electron chi connectivity index (χ3n) is 3.21. The number of halogens is 3. The number of amides is 1. The zero-order valence-electron chi connectivity index (χ0n) is 12.6. The van der Waals surface area contributed by atoms with E-state index in [1.165, 1.54) is 24.3 Å². The highest BCUT2D eigenvalue weighted by Crippen LogP contribution is 2.36. The number of aromatic hydroxyl groups is 1. The molecule has 0 radical (unpaired) electrons. The molecule has 0 saturated heterocycles. The first kappa shape index (κ1) is 18.2. The molecule has 7 heteroatoms. The lowest BCUT2D eigenvalue weighted by atomic mass is 10.1. The third-order valence-corrected chi connectivity index (χ3v) is 3.95. The van der Waals surface area contributed by atoms with Crippen LogP contribution in [0.1, 0.15) is 22.3 Å². The Morgan fingerprint density at radius 2 is 1.67 bits per heavy atom. The van der Waals surface area contributed by atoms with Crippen molar-refractivity contribution in [2.24, 2.45) is 0 Å². The molecule has 2 aromatic carbocycles. The van der Waals surface area contributed by atoms with E-state index < -0.39 is 5.51 Å². The molecule has 2 rings (SSSR count). The Morgan fingerprint density at radius 1 is 1.04 bits per heavy atom. The number of hydrogen-bond acceptors (Lipinski definition) is 3. The van der Waals surface area contributed by atoms with Gasteiger partial charge in [-0.1, -0.05) is 12.1 Å². The third kappa shape index (κ3) is 6.16. The maximum Gasteiger partial charge on any atom is 0.446 e. The molecule has 3 nitrogen and oxygen atoms in total. The summed E-state index contributed by atoms with van der Waals surface area (Å²) in [7, 11) is 0. The van der Waals surface area contributed by atoms with E-state index in [0.717, 1.165) is 18.4 Å². The Kier molecular flexibility index (Phi) is 6.14. The van der Waals surface area contributed by atoms with Crippen molar-refractivity contribution in [2.45, 2.75) is 23.2 Å². The second-order valence-electron chi connectivity index (χ2n) is 5.10. The summed E-state index contributed by atoms with van der Waals surface area (Å²) < 4.78 is 36.7. The molecule has 0 saturated carbocycles. The van der Waals surface area contributed by atoms with E-state index in [9.17, 15) is 23.1 Å². The van der Waals surface area contributed by atoms with Crippen LogP contribution in [-0.2, 0) is 6.42 Å². The van der Waals surface area contributed by atoms with Gasteiger partial charge in [-0.25, -0.2) is 0 Å². The Labute approximate surface area is 141 Å². The fourth-order valence-corrected chi connectivity index (χ4v) is 2.61. The zero-order chi connectivity index (χ0) is 17.6. The van der Waals surface area contributed by atoms with Gasteiger partial charge in [-0.3, -0.25) is 4.79 Å². The summed E-state index contributed by atoms with van der Waals surface area (Å²) in [5.41, 5.74) is -2.96. The van der Waals surface area contributed by atoms with Crippen molar-refractivity contribution in [1.82, 2.24) is 5.32 Å². The van der Waals surface area contributed by atoms with Crippen LogP contribution in [0.2, 0.25) is 0 Å². The molecule has 0 spiro atoms. The highest BCUT2D eigenvalue weighted by molar-refractivity contribution is 8.00. The van der Waals surface area contributed by atoms with Gasteiger partial charge in [0.05, 0.1) is 0 Å². The van der Waals surface area contributed by atoms with Crippen LogP contribution in [0.25, 0.3) is 0 Å². The van der Waals surface area contributed by atoms with Gasteiger partial charge in [0.2, 0.25) is 0 Å². The summed E-state index contributed by atoms with van der Waals surface area (Å²) in [6.45, 7) is 0.457. The normalized spacial score (nSPS) is 11.3. The van der Waals surface area contributed by atoms with Crippen molar-refractivity contribution >= 4 is 17.7 Å². The largest absolute Gasteiger partial charge is 0.508 e. The fourth-order valence-electron chi connectivity index (χ4n) is 2.07. The molecule has 0 aliphatic carbocycles. The van der Waals surface area contributed by atoms with Gasteiger partial charge in [0.1, 0.15) is 5.75 Å². The molecule has 0 bridgehead atoms. The monoisotopic (exact) mass is 355 g/mol. The average Bonchev–Trinajstić information content (AvgIpc) is 2.52. The van der Waals surface area contributed by atoms with Gasteiger partial charge in [0.25, 0.3) is 5.91 Å². The van der Waals surface area contributed by atoms with E-state index in [1.54, 1.807) is 12.1 Å². The minimum atomic E-state index is -4.34. The molecule has 0 aliphatic rings. The van der Waals surface area contributed by atoms with E-state index >= 15 is 0 Å². The lowest BCUT2D eigenvalue weighted by Crippen LogP contribution is -2.24. The minimum Gasteiger partial charge on any atom is -0.508 e. The van der Waals surface area contributed by atoms with Crippen LogP contribution in [0.5, 0.6) is 5.75 Å². The molecule has 1 amide bonds. The van der Waals surface area contributed by atoms with Crippen LogP contribution in [0, 0.1) is 0 Å². The van der Waals surface area contributed by atoms with Crippen LogP contribution < -0.4 is 5.32 Å². The van der Waals surface area contributed by atoms with Crippen LogP contribution in [0.15, 0.2) is 53.4 Å². The van der Waals surface area contributed by atoms with Gasteiger partial charge >= 0.3 is 5.51 Å². The standard InChI is InChI=1S/C17H16F3NO2S/c18-17(19,20)24-15-9-5-13(6-10-15)16(23)21-11-1-2-12-3-7-14(22)8-4-12/h3-10,22H,1-2,11H2,(H,21,23). The summed E-state index contributed by atoms with van der Waals surface area (Å²) in [5, 5.41) is 11.9. The Morgan fingerprint density at radius 3 is 2.25 bits per heavy atom. The van der Waals surface area contributed by atoms with Crippen molar-refractivity contribution in [2.75, 3.05) is 6.54 Å². The van der Waals surface area contributed by atoms with Gasteiger partial charge in [0, 0.05) is 17.0 Å². The molecule has 0 aromatic heterocycles. The Hall–Kier alpha value is -2.15. The predicted molar refractivity (Wildman–Crippen MR) is 87.1 cm³/mol. The molecule has 128 valence electrons. The molecule has 0 aliphatic heterocycles. The van der Waals surface area contributed by atoms with Gasteiger partial charge in [0.15, 0.2) is 0 Å². The first-order valence-electron chi connectivity index (χ1n) is 7.25. The van der Waals surface area contributed by atoms with Crippen LogP contribution in [0.4, 0.5) is 13.2 Å². The molecule has 0 unspecified atom stereocenters. The van der Waals surface area contributed by atoms with Gasteiger partial charge in [-0.05, 0) is 66.6 Å². The molecule has 0 fully saturated rings. The maximum absolute atomic E-state index is 12.2. The SMILES string of the molecule is O=C(NCCCc1ccc(O)cc1)c1ccc(SC(F)(F)F)cc1.